The summed E-state index contributed by atoms with van der Waals surface area (Å²) in [6.45, 7) is 5.62. The summed E-state index contributed by atoms with van der Waals surface area (Å²) in [6.07, 6.45) is 6.31. The van der Waals surface area contributed by atoms with Crippen LogP contribution in [0.25, 0.3) is 0 Å². The van der Waals surface area contributed by atoms with E-state index in [9.17, 15) is 18.0 Å². The van der Waals surface area contributed by atoms with Gasteiger partial charge in [0.2, 0.25) is 11.8 Å². The van der Waals surface area contributed by atoms with Crippen molar-refractivity contribution >= 4 is 34.4 Å². The lowest BCUT2D eigenvalue weighted by molar-refractivity contribution is -0.134. The molecule has 12 heteroatoms. The van der Waals surface area contributed by atoms with E-state index in [0.29, 0.717) is 51.5 Å². The van der Waals surface area contributed by atoms with Crippen LogP contribution in [-0.4, -0.2) is 98.3 Å². The van der Waals surface area contributed by atoms with Crippen molar-refractivity contribution in [2.75, 3.05) is 52.4 Å². The summed E-state index contributed by atoms with van der Waals surface area (Å²) in [5.41, 5.74) is 7.67. The second-order valence-corrected chi connectivity index (χ2v) is 13.8. The summed E-state index contributed by atoms with van der Waals surface area (Å²) in [4.78, 5) is 26.1. The summed E-state index contributed by atoms with van der Waals surface area (Å²) < 4.78 is 35.4. The van der Waals surface area contributed by atoms with Crippen LogP contribution in [-0.2, 0) is 24.5 Å². The van der Waals surface area contributed by atoms with Gasteiger partial charge in [0.05, 0.1) is 12.0 Å². The van der Waals surface area contributed by atoms with Gasteiger partial charge in [-0.15, -0.1) is 12.4 Å². The SMILES string of the molecule is Cl.NC1CCN(S(=O)(=O)N2CCC(CN3CCC(OCC#Cc4cccc(C5CCC(=O)NC5=O)c4)CC3)CC2)CC1. The third-order valence-corrected chi connectivity index (χ3v) is 11.0. The second kappa shape index (κ2) is 15.1. The summed E-state index contributed by atoms with van der Waals surface area (Å²) in [5, 5.41) is 2.42. The molecule has 4 saturated heterocycles. The van der Waals surface area contributed by atoms with E-state index in [1.54, 1.807) is 8.61 Å². The highest BCUT2D eigenvalue weighted by Gasteiger charge is 2.35. The van der Waals surface area contributed by atoms with Crippen molar-refractivity contribution < 1.29 is 22.7 Å². The first-order valence-electron chi connectivity index (χ1n) is 15.0. The minimum Gasteiger partial charge on any atom is -0.365 e. The fourth-order valence-electron chi connectivity index (χ4n) is 6.36. The number of likely N-dealkylation sites (tertiary alicyclic amines) is 1. The maximum Gasteiger partial charge on any atom is 0.281 e. The van der Waals surface area contributed by atoms with Crippen LogP contribution in [0.5, 0.6) is 0 Å². The Balaban J connectivity index is 0.00000405. The fraction of sp³-hybridized carbons (Fsp3) is 0.667. The van der Waals surface area contributed by atoms with Crippen LogP contribution in [0.3, 0.4) is 0 Å². The topological polar surface area (TPSA) is 125 Å². The van der Waals surface area contributed by atoms with Crippen LogP contribution >= 0.6 is 12.4 Å². The summed E-state index contributed by atoms with van der Waals surface area (Å²) in [7, 11) is -3.37. The molecule has 0 radical (unpaired) electrons. The number of rotatable bonds is 7. The molecule has 0 bridgehead atoms. The van der Waals surface area contributed by atoms with E-state index in [-0.39, 0.29) is 42.3 Å². The van der Waals surface area contributed by atoms with Crippen molar-refractivity contribution in [3.05, 3.63) is 35.4 Å². The molecule has 1 atom stereocenters. The molecule has 4 heterocycles. The van der Waals surface area contributed by atoms with Crippen LogP contribution in [0.2, 0.25) is 0 Å². The fourth-order valence-corrected chi connectivity index (χ4v) is 8.03. The lowest BCUT2D eigenvalue weighted by atomic mass is 9.90. The van der Waals surface area contributed by atoms with E-state index in [1.165, 1.54) is 0 Å². The zero-order valence-corrected chi connectivity index (χ0v) is 25.8. The molecule has 0 aromatic heterocycles. The molecule has 4 aliphatic rings. The maximum atomic E-state index is 13.0. The molecular formula is C30H44ClN5O5S. The molecule has 1 aromatic rings. The average Bonchev–Trinajstić information content (AvgIpc) is 2.97. The number of nitrogens with one attached hydrogen (secondary N) is 1. The third-order valence-electron chi connectivity index (χ3n) is 8.93. The summed E-state index contributed by atoms with van der Waals surface area (Å²) in [5.74, 6) is 6.03. The van der Waals surface area contributed by atoms with Gasteiger partial charge in [-0.1, -0.05) is 24.0 Å². The molecule has 4 fully saturated rings. The van der Waals surface area contributed by atoms with E-state index in [0.717, 1.165) is 69.3 Å². The largest absolute Gasteiger partial charge is 0.365 e. The van der Waals surface area contributed by atoms with Crippen molar-refractivity contribution in [1.82, 2.24) is 18.8 Å². The van der Waals surface area contributed by atoms with Crippen LogP contribution in [0, 0.1) is 17.8 Å². The number of hydrogen-bond donors (Lipinski definition) is 2. The van der Waals surface area contributed by atoms with Gasteiger partial charge >= 0.3 is 0 Å². The number of halogens is 1. The Hall–Kier alpha value is -2.04. The first-order valence-corrected chi connectivity index (χ1v) is 16.4. The first kappa shape index (κ1) is 32.9. The molecule has 5 rings (SSSR count). The zero-order valence-electron chi connectivity index (χ0n) is 24.2. The Morgan fingerprint density at radius 1 is 0.929 bits per heavy atom. The molecule has 3 N–H and O–H groups in total. The van der Waals surface area contributed by atoms with Gasteiger partial charge in [-0.05, 0) is 68.6 Å². The van der Waals surface area contributed by atoms with E-state index in [4.69, 9.17) is 10.5 Å². The number of carbonyl (C=O) groups excluding carboxylic acids is 2. The summed E-state index contributed by atoms with van der Waals surface area (Å²) >= 11 is 0. The second-order valence-electron chi connectivity index (χ2n) is 11.8. The van der Waals surface area contributed by atoms with Gasteiger partial charge in [0, 0.05) is 63.8 Å². The van der Waals surface area contributed by atoms with E-state index < -0.39 is 10.2 Å². The van der Waals surface area contributed by atoms with Crippen molar-refractivity contribution in [1.29, 1.82) is 0 Å². The Bertz CT molecular complexity index is 1240. The van der Waals surface area contributed by atoms with E-state index in [2.05, 4.69) is 22.1 Å². The Kier molecular flexibility index (Phi) is 11.8. The number of nitrogens with two attached hydrogens (primary N) is 1. The van der Waals surface area contributed by atoms with Crippen LogP contribution in [0.4, 0.5) is 0 Å². The van der Waals surface area contributed by atoms with Gasteiger partial charge in [0.25, 0.3) is 10.2 Å². The Labute approximate surface area is 256 Å². The molecule has 10 nitrogen and oxygen atoms in total. The predicted molar refractivity (Wildman–Crippen MR) is 163 cm³/mol. The molecule has 232 valence electrons. The number of nitrogens with zero attached hydrogens (tertiary/aromatic N) is 3. The van der Waals surface area contributed by atoms with Crippen molar-refractivity contribution in [3.63, 3.8) is 0 Å². The molecule has 0 aliphatic carbocycles. The van der Waals surface area contributed by atoms with Crippen molar-refractivity contribution in [3.8, 4) is 11.8 Å². The highest BCUT2D eigenvalue weighted by molar-refractivity contribution is 7.86. The Morgan fingerprint density at radius 3 is 2.26 bits per heavy atom. The lowest BCUT2D eigenvalue weighted by Crippen LogP contribution is -2.51. The van der Waals surface area contributed by atoms with E-state index >= 15 is 0 Å². The maximum absolute atomic E-state index is 13.0. The molecule has 4 aliphatic heterocycles. The van der Waals surface area contributed by atoms with Crippen LogP contribution in [0.1, 0.15) is 68.4 Å². The minimum atomic E-state index is -3.37. The van der Waals surface area contributed by atoms with Gasteiger partial charge in [-0.2, -0.15) is 17.0 Å². The number of carbonyl (C=O) groups is 2. The monoisotopic (exact) mass is 621 g/mol. The quantitative estimate of drug-likeness (QED) is 0.352. The van der Waals surface area contributed by atoms with E-state index in [1.807, 2.05) is 24.3 Å². The number of piperidine rings is 4. The molecule has 0 saturated carbocycles. The Morgan fingerprint density at radius 2 is 1.60 bits per heavy atom. The van der Waals surface area contributed by atoms with Gasteiger partial charge in [-0.3, -0.25) is 14.9 Å². The highest BCUT2D eigenvalue weighted by atomic mass is 35.5. The van der Waals surface area contributed by atoms with Gasteiger partial charge in [-0.25, -0.2) is 0 Å². The molecule has 2 amide bonds. The number of ether oxygens (including phenoxy) is 1. The molecule has 1 aromatic carbocycles. The average molecular weight is 622 g/mol. The minimum absolute atomic E-state index is 0. The number of imide groups is 1. The third kappa shape index (κ3) is 8.53. The summed E-state index contributed by atoms with van der Waals surface area (Å²) in [6, 6.07) is 7.77. The molecule has 42 heavy (non-hydrogen) atoms. The number of benzene rings is 1. The van der Waals surface area contributed by atoms with Crippen molar-refractivity contribution in [2.45, 2.75) is 69.4 Å². The van der Waals surface area contributed by atoms with Gasteiger partial charge in [0.15, 0.2) is 0 Å². The van der Waals surface area contributed by atoms with Gasteiger partial charge in [0.1, 0.15) is 6.61 Å². The normalized spacial score (nSPS) is 24.5. The molecular weight excluding hydrogens is 578 g/mol. The zero-order chi connectivity index (χ0) is 28.8. The van der Waals surface area contributed by atoms with Crippen molar-refractivity contribution in [2.24, 2.45) is 11.7 Å². The molecule has 0 spiro atoms. The number of hydrogen-bond acceptors (Lipinski definition) is 7. The lowest BCUT2D eigenvalue weighted by Gasteiger charge is -2.39. The molecule has 1 unspecified atom stereocenters. The number of amides is 2. The van der Waals surface area contributed by atoms with Gasteiger partial charge < -0.3 is 15.4 Å². The smallest absolute Gasteiger partial charge is 0.281 e. The predicted octanol–water partition coefficient (Wildman–Crippen LogP) is 1.84. The standard InChI is InChI=1S/C30H43N5O5S.ClH/c31-26-10-18-35(19-11-26)41(38,39)34-16-8-24(9-17-34)22-33-14-12-27(13-15-33)40-20-2-4-23-3-1-5-25(21-23)28-6-7-29(36)32-30(28)37;/h1,3,5,21,24,26-28H,6-20,22,31H2,(H,32,36,37);1H. The van der Waals surface area contributed by atoms with Crippen LogP contribution < -0.4 is 11.1 Å². The first-order chi connectivity index (χ1) is 19.8. The highest BCUT2D eigenvalue weighted by Crippen LogP contribution is 2.26. The van der Waals surface area contributed by atoms with Crippen LogP contribution in [0.15, 0.2) is 24.3 Å².